The molecule has 0 saturated heterocycles. The van der Waals surface area contributed by atoms with Gasteiger partial charge in [0.05, 0.1) is 46.1 Å². The van der Waals surface area contributed by atoms with Crippen molar-refractivity contribution in [3.63, 3.8) is 0 Å². The lowest BCUT2D eigenvalue weighted by Crippen LogP contribution is -2.36. The van der Waals surface area contributed by atoms with Crippen molar-refractivity contribution in [2.45, 2.75) is 4.90 Å². The molecule has 2 aromatic rings. The number of likely N-dealkylation sites (N-methyl/N-ethyl adjacent to an activating group) is 1. The van der Waals surface area contributed by atoms with Gasteiger partial charge in [0, 0.05) is 12.6 Å². The molecule has 0 unspecified atom stereocenters. The number of benzene rings is 2. The Labute approximate surface area is 181 Å². The number of nitrogens with one attached hydrogen (secondary N) is 1. The van der Waals surface area contributed by atoms with Gasteiger partial charge in [-0.15, -0.1) is 0 Å². The van der Waals surface area contributed by atoms with E-state index in [9.17, 15) is 13.2 Å². The first-order valence-corrected chi connectivity index (χ1v) is 10.4. The number of hydrogen-bond acceptors (Lipinski definition) is 8. The molecule has 168 valence electrons. The number of amides is 1. The van der Waals surface area contributed by atoms with Crippen molar-refractivity contribution < 1.29 is 32.2 Å². The normalized spacial score (nSPS) is 11.4. The molecule has 0 saturated carbocycles. The summed E-state index contributed by atoms with van der Waals surface area (Å²) in [7, 11) is 3.41. The van der Waals surface area contributed by atoms with E-state index in [1.807, 2.05) is 0 Å². The maximum absolute atomic E-state index is 12.6. The van der Waals surface area contributed by atoms with E-state index in [1.165, 1.54) is 66.0 Å². The van der Waals surface area contributed by atoms with E-state index in [2.05, 4.69) is 10.5 Å². The van der Waals surface area contributed by atoms with E-state index >= 15 is 0 Å². The van der Waals surface area contributed by atoms with Gasteiger partial charge < -0.3 is 18.9 Å². The van der Waals surface area contributed by atoms with Crippen molar-refractivity contribution in [2.75, 3.05) is 42.0 Å². The summed E-state index contributed by atoms with van der Waals surface area (Å²) in [5.74, 6) is 1.21. The van der Waals surface area contributed by atoms with Crippen molar-refractivity contribution in [2.24, 2.45) is 5.10 Å². The van der Waals surface area contributed by atoms with Crippen molar-refractivity contribution in [3.8, 4) is 23.0 Å². The second-order valence-corrected chi connectivity index (χ2v) is 8.23. The van der Waals surface area contributed by atoms with Crippen LogP contribution in [-0.4, -0.2) is 66.9 Å². The molecule has 2 rings (SSSR count). The SMILES string of the molecule is COc1ccc(S(=O)(=O)N(C)CC(=O)N/N=C\c2cc(OC)c(OC)c(OC)c2)cc1. The van der Waals surface area contributed by atoms with Crippen LogP contribution in [0.2, 0.25) is 0 Å². The quantitative estimate of drug-likeness (QED) is 0.430. The van der Waals surface area contributed by atoms with Crippen LogP contribution in [0.25, 0.3) is 0 Å². The fraction of sp³-hybridized carbons (Fsp3) is 0.300. The molecule has 0 spiro atoms. The van der Waals surface area contributed by atoms with E-state index < -0.39 is 22.5 Å². The van der Waals surface area contributed by atoms with Gasteiger partial charge in [-0.1, -0.05) is 0 Å². The van der Waals surface area contributed by atoms with Crippen LogP contribution < -0.4 is 24.4 Å². The third-order valence-electron chi connectivity index (χ3n) is 4.22. The van der Waals surface area contributed by atoms with E-state index in [0.29, 0.717) is 28.6 Å². The van der Waals surface area contributed by atoms with Crippen LogP contribution in [0.5, 0.6) is 23.0 Å². The molecule has 0 aliphatic carbocycles. The standard InChI is InChI=1S/C20H25N3O7S/c1-23(31(25,26)16-8-6-15(27-2)7-9-16)13-19(24)22-21-12-14-10-17(28-3)20(30-5)18(11-14)29-4/h6-12H,13H2,1-5H3,(H,22,24)/b21-12-. The van der Waals surface area contributed by atoms with Crippen LogP contribution >= 0.6 is 0 Å². The molecule has 0 atom stereocenters. The van der Waals surface area contributed by atoms with Crippen LogP contribution in [-0.2, 0) is 14.8 Å². The minimum absolute atomic E-state index is 0.0459. The largest absolute Gasteiger partial charge is 0.497 e. The van der Waals surface area contributed by atoms with Gasteiger partial charge in [0.2, 0.25) is 15.8 Å². The molecule has 0 heterocycles. The van der Waals surface area contributed by atoms with Crippen molar-refractivity contribution in [1.82, 2.24) is 9.73 Å². The van der Waals surface area contributed by atoms with Crippen molar-refractivity contribution in [3.05, 3.63) is 42.0 Å². The molecule has 31 heavy (non-hydrogen) atoms. The van der Waals surface area contributed by atoms with Crippen LogP contribution in [0.15, 0.2) is 46.4 Å². The number of sulfonamides is 1. The molecule has 0 radical (unpaired) electrons. The summed E-state index contributed by atoms with van der Waals surface area (Å²) >= 11 is 0. The summed E-state index contributed by atoms with van der Waals surface area (Å²) < 4.78 is 46.9. The zero-order valence-electron chi connectivity index (χ0n) is 17.9. The Morgan fingerprint density at radius 1 is 1.00 bits per heavy atom. The summed E-state index contributed by atoms with van der Waals surface area (Å²) in [4.78, 5) is 12.2. The number of nitrogens with zero attached hydrogens (tertiary/aromatic N) is 2. The van der Waals surface area contributed by atoms with Crippen LogP contribution in [0.3, 0.4) is 0 Å². The van der Waals surface area contributed by atoms with Gasteiger partial charge in [-0.2, -0.15) is 9.41 Å². The van der Waals surface area contributed by atoms with Gasteiger partial charge in [0.1, 0.15) is 5.75 Å². The molecule has 0 aliphatic heterocycles. The molecule has 2 aromatic carbocycles. The zero-order chi connectivity index (χ0) is 23.0. The van der Waals surface area contributed by atoms with Crippen LogP contribution in [0.4, 0.5) is 0 Å². The lowest BCUT2D eigenvalue weighted by Gasteiger charge is -2.16. The summed E-state index contributed by atoms with van der Waals surface area (Å²) in [6, 6.07) is 9.18. The third kappa shape index (κ3) is 5.86. The third-order valence-corrected chi connectivity index (χ3v) is 6.04. The number of hydrogen-bond donors (Lipinski definition) is 1. The molecule has 0 fully saturated rings. The number of hydrazone groups is 1. The molecule has 0 aromatic heterocycles. The Morgan fingerprint density at radius 2 is 1.58 bits per heavy atom. The van der Waals surface area contributed by atoms with Gasteiger partial charge in [-0.3, -0.25) is 4.79 Å². The van der Waals surface area contributed by atoms with Crippen molar-refractivity contribution in [1.29, 1.82) is 0 Å². The molecule has 1 amide bonds. The molecule has 11 heteroatoms. The predicted octanol–water partition coefficient (Wildman–Crippen LogP) is 1.49. The van der Waals surface area contributed by atoms with Gasteiger partial charge in [-0.25, -0.2) is 13.8 Å². The van der Waals surface area contributed by atoms with E-state index in [4.69, 9.17) is 18.9 Å². The average molecular weight is 452 g/mol. The van der Waals surface area contributed by atoms with Crippen LogP contribution in [0, 0.1) is 0 Å². The van der Waals surface area contributed by atoms with E-state index in [0.717, 1.165) is 4.31 Å². The van der Waals surface area contributed by atoms with Gasteiger partial charge >= 0.3 is 0 Å². The topological polar surface area (TPSA) is 116 Å². The summed E-state index contributed by atoms with van der Waals surface area (Å²) in [6.07, 6.45) is 1.38. The Balaban J connectivity index is 2.04. The highest BCUT2D eigenvalue weighted by Gasteiger charge is 2.23. The van der Waals surface area contributed by atoms with Gasteiger partial charge in [0.15, 0.2) is 11.5 Å². The second-order valence-electron chi connectivity index (χ2n) is 6.19. The summed E-state index contributed by atoms with van der Waals surface area (Å²) in [6.45, 7) is -0.416. The number of carbonyl (C=O) groups excluding carboxylic acids is 1. The monoisotopic (exact) mass is 451 g/mol. The Bertz CT molecular complexity index is 1010. The fourth-order valence-electron chi connectivity index (χ4n) is 2.60. The summed E-state index contributed by atoms with van der Waals surface area (Å²) in [5, 5.41) is 3.86. The predicted molar refractivity (Wildman–Crippen MR) is 115 cm³/mol. The van der Waals surface area contributed by atoms with Crippen LogP contribution in [0.1, 0.15) is 5.56 Å². The summed E-state index contributed by atoms with van der Waals surface area (Å²) in [5.41, 5.74) is 2.88. The first-order valence-electron chi connectivity index (χ1n) is 8.99. The average Bonchev–Trinajstić information content (AvgIpc) is 2.78. The molecule has 1 N–H and O–H groups in total. The molecule has 0 aliphatic rings. The fourth-order valence-corrected chi connectivity index (χ4v) is 3.73. The highest BCUT2D eigenvalue weighted by molar-refractivity contribution is 7.89. The maximum atomic E-state index is 12.6. The minimum Gasteiger partial charge on any atom is -0.497 e. The second kappa shape index (κ2) is 10.6. The lowest BCUT2D eigenvalue weighted by molar-refractivity contribution is -0.121. The highest BCUT2D eigenvalue weighted by atomic mass is 32.2. The highest BCUT2D eigenvalue weighted by Crippen LogP contribution is 2.37. The van der Waals surface area contributed by atoms with E-state index in [-0.39, 0.29) is 4.90 Å². The zero-order valence-corrected chi connectivity index (χ0v) is 18.7. The lowest BCUT2D eigenvalue weighted by atomic mass is 10.2. The molecule has 0 bridgehead atoms. The van der Waals surface area contributed by atoms with Gasteiger partial charge in [-0.05, 0) is 36.4 Å². The number of rotatable bonds is 10. The van der Waals surface area contributed by atoms with Gasteiger partial charge in [0.25, 0.3) is 5.91 Å². The first kappa shape index (κ1) is 24.0. The number of ether oxygens (including phenoxy) is 4. The smallest absolute Gasteiger partial charge is 0.255 e. The minimum atomic E-state index is -3.84. The molecule has 10 nitrogen and oxygen atoms in total. The van der Waals surface area contributed by atoms with E-state index in [1.54, 1.807) is 12.1 Å². The van der Waals surface area contributed by atoms with Crippen molar-refractivity contribution >= 4 is 22.1 Å². The maximum Gasteiger partial charge on any atom is 0.255 e. The Morgan fingerprint density at radius 3 is 2.06 bits per heavy atom. The Kier molecular flexibility index (Phi) is 8.22. The number of carbonyl (C=O) groups is 1. The number of methoxy groups -OCH3 is 4. The molecular formula is C20H25N3O7S. The first-order chi connectivity index (χ1) is 14.8. The Hall–Kier alpha value is -3.31. The molecular weight excluding hydrogens is 426 g/mol.